The van der Waals surface area contributed by atoms with Crippen molar-refractivity contribution in [3.63, 3.8) is 0 Å². The van der Waals surface area contributed by atoms with Crippen LogP contribution in [0.3, 0.4) is 0 Å². The van der Waals surface area contributed by atoms with Crippen molar-refractivity contribution >= 4 is 30.6 Å². The molecule has 4 atom stereocenters. The highest BCUT2D eigenvalue weighted by Crippen LogP contribution is 2.51. The van der Waals surface area contributed by atoms with Gasteiger partial charge in [0.05, 0.1) is 17.9 Å². The molecular formula is C45H46BFN2O6. The number of para-hydroxylation sites is 1. The van der Waals surface area contributed by atoms with Gasteiger partial charge in [-0.15, -0.1) is 0 Å². The van der Waals surface area contributed by atoms with Crippen LogP contribution in [0.4, 0.5) is 4.39 Å². The van der Waals surface area contributed by atoms with Gasteiger partial charge in [-0.05, 0) is 102 Å². The molecule has 0 aromatic heterocycles. The number of piperidine rings is 1. The minimum Gasteiger partial charge on any atom is -0.505 e. The van der Waals surface area contributed by atoms with Gasteiger partial charge in [-0.1, -0.05) is 91.0 Å². The number of halogens is 1. The van der Waals surface area contributed by atoms with E-state index in [4.69, 9.17) is 9.39 Å². The van der Waals surface area contributed by atoms with E-state index in [0.717, 1.165) is 54.8 Å². The van der Waals surface area contributed by atoms with Crippen LogP contribution >= 0.6 is 0 Å². The lowest BCUT2D eigenvalue weighted by atomic mass is 9.58. The van der Waals surface area contributed by atoms with Crippen molar-refractivity contribution in [2.45, 2.75) is 57.1 Å². The largest absolute Gasteiger partial charge is 0.505 e. The highest BCUT2D eigenvalue weighted by molar-refractivity contribution is 6.43. The van der Waals surface area contributed by atoms with Crippen molar-refractivity contribution in [1.82, 2.24) is 9.80 Å². The predicted octanol–water partition coefficient (Wildman–Crippen LogP) is 7.39. The number of phenolic OH excluding ortho intramolecular Hbond substituents is 1. The maximum atomic E-state index is 14.5. The molecule has 0 unspecified atom stereocenters. The molecule has 3 fully saturated rings. The van der Waals surface area contributed by atoms with E-state index in [0.29, 0.717) is 30.6 Å². The Hall–Kier alpha value is -5.03. The first-order chi connectivity index (χ1) is 26.8. The summed E-state index contributed by atoms with van der Waals surface area (Å²) < 4.78 is 27.0. The lowest BCUT2D eigenvalue weighted by Gasteiger charge is -2.43. The quantitative estimate of drug-likeness (QED) is 0.0717. The summed E-state index contributed by atoms with van der Waals surface area (Å²) >= 11 is 0. The highest BCUT2D eigenvalue weighted by atomic mass is 19.1. The number of carbonyl (C=O) groups excluding carboxylic acids is 2. The third-order valence-corrected chi connectivity index (χ3v) is 11.8. The molecule has 282 valence electrons. The van der Waals surface area contributed by atoms with Gasteiger partial charge in [0.1, 0.15) is 12.4 Å². The molecule has 2 amide bonds. The summed E-state index contributed by atoms with van der Waals surface area (Å²) in [5.41, 5.74) is 5.63. The number of benzene rings is 4. The van der Waals surface area contributed by atoms with Gasteiger partial charge in [0.25, 0.3) is 0 Å². The summed E-state index contributed by atoms with van der Waals surface area (Å²) in [6.07, 6.45) is 4.43. The standard InChI is InChI=1S/C45H46BFN2O6/c47-39-25-31(16-18-40(39)50)24-33(32-12-6-2-7-13-32)17-19-41-42-34(29-54-36-14-8-3-9-15-36)26-37-43(38(42)27-46(53)55-41)45(52)49(44(37)51)35-20-22-48(23-21-35)28-30-10-4-1-5-11-30/h1-16,18,24-25,35,37-38,41,43,50,53H,17,19-23,26-29H2/b33-24-/t37-,38+,41-,43-/m1/s1. The summed E-state index contributed by atoms with van der Waals surface area (Å²) in [4.78, 5) is 32.9. The Bertz CT molecular complexity index is 2050. The maximum Gasteiger partial charge on any atom is 0.455 e. The molecular weight excluding hydrogens is 694 g/mol. The van der Waals surface area contributed by atoms with Crippen molar-refractivity contribution in [3.05, 3.63) is 143 Å². The van der Waals surface area contributed by atoms with Gasteiger partial charge in [-0.3, -0.25) is 19.4 Å². The fourth-order valence-corrected chi connectivity index (χ4v) is 9.20. The Balaban J connectivity index is 1.07. The molecule has 8 nitrogen and oxygen atoms in total. The number of hydrogen-bond donors (Lipinski definition) is 2. The molecule has 8 rings (SSSR count). The maximum absolute atomic E-state index is 14.5. The first-order valence-corrected chi connectivity index (χ1v) is 19.4. The lowest BCUT2D eigenvalue weighted by Crippen LogP contribution is -2.48. The summed E-state index contributed by atoms with van der Waals surface area (Å²) in [6, 6.07) is 33.9. The van der Waals surface area contributed by atoms with Gasteiger partial charge < -0.3 is 19.5 Å². The molecule has 4 aromatic rings. The smallest absolute Gasteiger partial charge is 0.455 e. The van der Waals surface area contributed by atoms with E-state index in [1.165, 1.54) is 17.7 Å². The Labute approximate surface area is 322 Å². The van der Waals surface area contributed by atoms with Crippen LogP contribution in [0.1, 0.15) is 48.8 Å². The molecule has 0 saturated carbocycles. The second-order valence-corrected chi connectivity index (χ2v) is 15.2. The number of amides is 2. The van der Waals surface area contributed by atoms with Gasteiger partial charge in [0, 0.05) is 25.7 Å². The SMILES string of the molecule is O=C1[C@@H]2[C@@H](CC(COc3ccccc3)=C3[C@@H](CC/C(=C/c4ccc(O)c(F)c4)c4ccccc4)OB(O)C[C@@H]32)C(=O)N1C1CCN(Cc2ccccc2)CC1. The highest BCUT2D eigenvalue weighted by Gasteiger charge is 2.58. The number of aromatic hydroxyl groups is 1. The molecule has 10 heteroatoms. The molecule has 3 heterocycles. The van der Waals surface area contributed by atoms with Crippen LogP contribution in [-0.4, -0.2) is 70.7 Å². The van der Waals surface area contributed by atoms with E-state index in [2.05, 4.69) is 17.0 Å². The number of hydrogen-bond acceptors (Lipinski definition) is 7. The Morgan fingerprint density at radius 2 is 1.58 bits per heavy atom. The van der Waals surface area contributed by atoms with Crippen LogP contribution in [-0.2, 0) is 20.8 Å². The number of allylic oxidation sites excluding steroid dienone is 1. The van der Waals surface area contributed by atoms with E-state index in [1.54, 1.807) is 11.0 Å². The Kier molecular flexibility index (Phi) is 11.0. The van der Waals surface area contributed by atoms with Crippen LogP contribution in [0.15, 0.2) is 120 Å². The van der Waals surface area contributed by atoms with E-state index in [-0.39, 0.29) is 36.7 Å². The fourth-order valence-electron chi connectivity index (χ4n) is 9.20. The van der Waals surface area contributed by atoms with Crippen LogP contribution in [0, 0.1) is 23.6 Å². The molecule has 3 aliphatic heterocycles. The Morgan fingerprint density at radius 1 is 0.891 bits per heavy atom. The van der Waals surface area contributed by atoms with E-state index < -0.39 is 36.6 Å². The number of carbonyl (C=O) groups is 2. The molecule has 4 aliphatic rings. The first kappa shape index (κ1) is 36.9. The summed E-state index contributed by atoms with van der Waals surface area (Å²) in [6.45, 7) is 2.69. The number of imide groups is 1. The third kappa shape index (κ3) is 8.03. The lowest BCUT2D eigenvalue weighted by molar-refractivity contribution is -0.144. The molecule has 0 bridgehead atoms. The van der Waals surface area contributed by atoms with Crippen LogP contribution < -0.4 is 4.74 Å². The van der Waals surface area contributed by atoms with Crippen molar-refractivity contribution in [1.29, 1.82) is 0 Å². The summed E-state index contributed by atoms with van der Waals surface area (Å²) in [7, 11) is -1.11. The van der Waals surface area contributed by atoms with E-state index in [9.17, 15) is 24.1 Å². The normalized spacial score (nSPS) is 23.6. The molecule has 0 spiro atoms. The molecule has 0 radical (unpaired) electrons. The number of likely N-dealkylation sites (tertiary alicyclic amines) is 2. The first-order valence-electron chi connectivity index (χ1n) is 19.4. The average molecular weight is 741 g/mol. The average Bonchev–Trinajstić information content (AvgIpc) is 3.46. The zero-order chi connectivity index (χ0) is 37.9. The van der Waals surface area contributed by atoms with Crippen LogP contribution in [0.2, 0.25) is 6.32 Å². The topological polar surface area (TPSA) is 99.5 Å². The zero-order valence-corrected chi connectivity index (χ0v) is 30.8. The molecule has 3 saturated heterocycles. The molecule has 2 N–H and O–H groups in total. The molecule has 55 heavy (non-hydrogen) atoms. The number of rotatable bonds is 11. The molecule has 1 aliphatic carbocycles. The second-order valence-electron chi connectivity index (χ2n) is 15.2. The minimum absolute atomic E-state index is 0.110. The summed E-state index contributed by atoms with van der Waals surface area (Å²) in [5.74, 6) is -2.12. The van der Waals surface area contributed by atoms with Crippen molar-refractivity contribution < 1.29 is 33.5 Å². The van der Waals surface area contributed by atoms with Crippen molar-refractivity contribution in [2.75, 3.05) is 19.7 Å². The number of phenols is 1. The Morgan fingerprint density at radius 3 is 2.29 bits per heavy atom. The third-order valence-electron chi connectivity index (χ3n) is 11.8. The fraction of sp³-hybridized carbons (Fsp3) is 0.333. The van der Waals surface area contributed by atoms with Gasteiger partial charge in [0.2, 0.25) is 11.8 Å². The van der Waals surface area contributed by atoms with Crippen molar-refractivity contribution in [2.24, 2.45) is 17.8 Å². The predicted molar refractivity (Wildman–Crippen MR) is 210 cm³/mol. The number of ether oxygens (including phenoxy) is 1. The number of nitrogens with zero attached hydrogens (tertiary/aromatic N) is 2. The van der Waals surface area contributed by atoms with Gasteiger partial charge in [0.15, 0.2) is 11.6 Å². The van der Waals surface area contributed by atoms with Crippen LogP contribution in [0.25, 0.3) is 11.6 Å². The van der Waals surface area contributed by atoms with Gasteiger partial charge >= 0.3 is 7.12 Å². The van der Waals surface area contributed by atoms with Crippen molar-refractivity contribution in [3.8, 4) is 11.5 Å². The van der Waals surface area contributed by atoms with Gasteiger partial charge in [-0.2, -0.15) is 0 Å². The van der Waals surface area contributed by atoms with E-state index in [1.807, 2.05) is 84.9 Å². The monoisotopic (exact) mass is 740 g/mol. The minimum atomic E-state index is -1.11. The number of fused-ring (bicyclic) bond motifs is 3. The summed E-state index contributed by atoms with van der Waals surface area (Å²) in [5, 5.41) is 21.0. The molecule has 4 aromatic carbocycles. The van der Waals surface area contributed by atoms with Crippen LogP contribution in [0.5, 0.6) is 11.5 Å². The zero-order valence-electron chi connectivity index (χ0n) is 30.8. The van der Waals surface area contributed by atoms with Gasteiger partial charge in [-0.25, -0.2) is 4.39 Å². The second kappa shape index (κ2) is 16.4. The van der Waals surface area contributed by atoms with E-state index >= 15 is 0 Å².